The molecule has 1 fully saturated rings. The van der Waals surface area contributed by atoms with E-state index in [4.69, 9.17) is 11.0 Å². The second-order valence-electron chi connectivity index (χ2n) is 4.96. The first-order valence-corrected chi connectivity index (χ1v) is 6.40. The van der Waals surface area contributed by atoms with Crippen LogP contribution in [0, 0.1) is 11.3 Å². The van der Waals surface area contributed by atoms with Gasteiger partial charge in [0.05, 0.1) is 5.56 Å². The topological polar surface area (TPSA) is 74.7 Å². The summed E-state index contributed by atoms with van der Waals surface area (Å²) in [5.74, 6) is 0.00259. The number of aromatic nitrogens is 1. The molecular weight excluding hydrogens is 269 g/mol. The Kier molecular flexibility index (Phi) is 4.14. The normalized spacial score (nSPS) is 23.1. The molecule has 4 nitrogen and oxygen atoms in total. The fraction of sp³-hybridized carbons (Fsp3) is 0.538. The van der Waals surface area contributed by atoms with Gasteiger partial charge >= 0.3 is 6.18 Å². The van der Waals surface area contributed by atoms with Crippen LogP contribution >= 0.6 is 0 Å². The summed E-state index contributed by atoms with van der Waals surface area (Å²) in [6, 6.07) is 3.98. The van der Waals surface area contributed by atoms with Gasteiger partial charge in [0.15, 0.2) is 0 Å². The molecule has 1 aliphatic carbocycles. The minimum absolute atomic E-state index is 0.00259. The van der Waals surface area contributed by atoms with E-state index < -0.39 is 11.9 Å². The first kappa shape index (κ1) is 14.6. The highest BCUT2D eigenvalue weighted by Crippen LogP contribution is 2.30. The summed E-state index contributed by atoms with van der Waals surface area (Å²) < 4.78 is 37.9. The number of halogens is 3. The Balaban J connectivity index is 2.19. The molecule has 3 N–H and O–H groups in total. The molecule has 0 bridgehead atoms. The zero-order chi connectivity index (χ0) is 14.8. The SMILES string of the molecule is N#Cc1ccc(C(F)(F)F)nc1NC1CCC(N)CC1. The number of hydrogen-bond donors (Lipinski definition) is 2. The first-order chi connectivity index (χ1) is 9.40. The third-order valence-electron chi connectivity index (χ3n) is 3.42. The summed E-state index contributed by atoms with van der Waals surface area (Å²) in [5.41, 5.74) is 4.91. The van der Waals surface area contributed by atoms with Crippen molar-refractivity contribution in [1.82, 2.24) is 4.98 Å². The number of nitrogens with zero attached hydrogens (tertiary/aromatic N) is 2. The number of nitrogens with one attached hydrogen (secondary N) is 1. The Morgan fingerprint density at radius 2 is 1.90 bits per heavy atom. The van der Waals surface area contributed by atoms with Gasteiger partial charge in [0.2, 0.25) is 0 Å². The summed E-state index contributed by atoms with van der Waals surface area (Å²) in [5, 5.41) is 11.9. The van der Waals surface area contributed by atoms with Gasteiger partial charge in [0.25, 0.3) is 0 Å². The van der Waals surface area contributed by atoms with Crippen LogP contribution in [0.2, 0.25) is 0 Å². The van der Waals surface area contributed by atoms with E-state index in [1.165, 1.54) is 0 Å². The van der Waals surface area contributed by atoms with E-state index >= 15 is 0 Å². The fourth-order valence-corrected chi connectivity index (χ4v) is 2.27. The minimum Gasteiger partial charge on any atom is -0.366 e. The van der Waals surface area contributed by atoms with Crippen molar-refractivity contribution in [2.45, 2.75) is 43.9 Å². The fourth-order valence-electron chi connectivity index (χ4n) is 2.27. The lowest BCUT2D eigenvalue weighted by Crippen LogP contribution is -2.33. The predicted octanol–water partition coefficient (Wildman–Crippen LogP) is 2.65. The van der Waals surface area contributed by atoms with Gasteiger partial charge in [0.1, 0.15) is 17.6 Å². The van der Waals surface area contributed by atoms with Gasteiger partial charge < -0.3 is 11.1 Å². The van der Waals surface area contributed by atoms with Crippen LogP contribution in [0.4, 0.5) is 19.0 Å². The Morgan fingerprint density at radius 1 is 1.25 bits per heavy atom. The van der Waals surface area contributed by atoms with E-state index in [1.54, 1.807) is 0 Å². The van der Waals surface area contributed by atoms with Crippen LogP contribution in [0.15, 0.2) is 12.1 Å². The second kappa shape index (κ2) is 5.67. The van der Waals surface area contributed by atoms with Crippen molar-refractivity contribution in [3.63, 3.8) is 0 Å². The van der Waals surface area contributed by atoms with E-state index in [9.17, 15) is 13.2 Å². The van der Waals surface area contributed by atoms with Crippen molar-refractivity contribution in [1.29, 1.82) is 5.26 Å². The van der Waals surface area contributed by atoms with Crippen molar-refractivity contribution in [3.8, 4) is 6.07 Å². The standard InChI is InChI=1S/C13H15F3N4/c14-13(15,16)11-6-1-8(7-17)12(20-11)19-10-4-2-9(18)3-5-10/h1,6,9-10H,2-5,18H2,(H,19,20). The van der Waals surface area contributed by atoms with Crippen molar-refractivity contribution in [2.75, 3.05) is 5.32 Å². The predicted molar refractivity (Wildman–Crippen MR) is 67.8 cm³/mol. The number of nitriles is 1. The maximum atomic E-state index is 12.6. The smallest absolute Gasteiger partial charge is 0.366 e. The van der Waals surface area contributed by atoms with Crippen LogP contribution in [0.5, 0.6) is 0 Å². The highest BCUT2D eigenvalue weighted by molar-refractivity contribution is 5.53. The highest BCUT2D eigenvalue weighted by Gasteiger charge is 2.33. The average molecular weight is 284 g/mol. The molecule has 1 aliphatic rings. The van der Waals surface area contributed by atoms with Crippen LogP contribution in [0.1, 0.15) is 36.9 Å². The maximum Gasteiger partial charge on any atom is 0.433 e. The molecule has 20 heavy (non-hydrogen) atoms. The van der Waals surface area contributed by atoms with Crippen LogP contribution in [-0.4, -0.2) is 17.1 Å². The van der Waals surface area contributed by atoms with Crippen LogP contribution in [-0.2, 0) is 6.18 Å². The van der Waals surface area contributed by atoms with Gasteiger partial charge in [-0.3, -0.25) is 0 Å². The molecule has 1 saturated carbocycles. The summed E-state index contributed by atoms with van der Waals surface area (Å²) in [4.78, 5) is 3.54. The summed E-state index contributed by atoms with van der Waals surface area (Å²) in [6.45, 7) is 0. The maximum absolute atomic E-state index is 12.6. The van der Waals surface area contributed by atoms with Gasteiger partial charge in [-0.05, 0) is 37.8 Å². The van der Waals surface area contributed by atoms with E-state index in [0.717, 1.165) is 37.8 Å². The molecule has 1 aromatic rings. The van der Waals surface area contributed by atoms with Crippen molar-refractivity contribution >= 4 is 5.82 Å². The molecule has 1 heterocycles. The molecule has 1 aromatic heterocycles. The summed E-state index contributed by atoms with van der Waals surface area (Å²) >= 11 is 0. The lowest BCUT2D eigenvalue weighted by Gasteiger charge is -2.27. The molecule has 0 radical (unpaired) electrons. The van der Waals surface area contributed by atoms with E-state index in [-0.39, 0.29) is 23.5 Å². The second-order valence-corrected chi connectivity index (χ2v) is 4.96. The van der Waals surface area contributed by atoms with Gasteiger partial charge in [-0.2, -0.15) is 18.4 Å². The lowest BCUT2D eigenvalue weighted by atomic mass is 9.92. The molecule has 0 saturated heterocycles. The van der Waals surface area contributed by atoms with Crippen LogP contribution in [0.3, 0.4) is 0 Å². The molecule has 0 atom stereocenters. The number of anilines is 1. The van der Waals surface area contributed by atoms with Gasteiger partial charge in [-0.15, -0.1) is 0 Å². The van der Waals surface area contributed by atoms with Crippen LogP contribution in [0.25, 0.3) is 0 Å². The molecular formula is C13H15F3N4. The van der Waals surface area contributed by atoms with Gasteiger partial charge in [-0.25, -0.2) is 4.98 Å². The number of nitrogens with two attached hydrogens (primary N) is 1. The summed E-state index contributed by atoms with van der Waals surface area (Å²) in [6.07, 6.45) is -1.34. The largest absolute Gasteiger partial charge is 0.433 e. The zero-order valence-electron chi connectivity index (χ0n) is 10.7. The summed E-state index contributed by atoms with van der Waals surface area (Å²) in [7, 11) is 0. The average Bonchev–Trinajstić information content (AvgIpc) is 2.40. The molecule has 0 aliphatic heterocycles. The Morgan fingerprint density at radius 3 is 2.45 bits per heavy atom. The van der Waals surface area contributed by atoms with Crippen LogP contribution < -0.4 is 11.1 Å². The van der Waals surface area contributed by atoms with Crippen molar-refractivity contribution < 1.29 is 13.2 Å². The van der Waals surface area contributed by atoms with Crippen molar-refractivity contribution in [3.05, 3.63) is 23.4 Å². The highest BCUT2D eigenvalue weighted by atomic mass is 19.4. The number of alkyl halides is 3. The van der Waals surface area contributed by atoms with E-state index in [1.807, 2.05) is 6.07 Å². The first-order valence-electron chi connectivity index (χ1n) is 6.40. The molecule has 0 amide bonds. The Hall–Kier alpha value is -1.81. The van der Waals surface area contributed by atoms with E-state index in [0.29, 0.717) is 0 Å². The van der Waals surface area contributed by atoms with Gasteiger partial charge in [-0.1, -0.05) is 0 Å². The Bertz CT molecular complexity index is 513. The third-order valence-corrected chi connectivity index (χ3v) is 3.42. The number of pyridine rings is 1. The lowest BCUT2D eigenvalue weighted by molar-refractivity contribution is -0.141. The zero-order valence-corrected chi connectivity index (χ0v) is 10.7. The minimum atomic E-state index is -4.51. The van der Waals surface area contributed by atoms with E-state index in [2.05, 4.69) is 10.3 Å². The molecule has 7 heteroatoms. The molecule has 0 unspecified atom stereocenters. The van der Waals surface area contributed by atoms with Gasteiger partial charge in [0, 0.05) is 12.1 Å². The molecule has 0 spiro atoms. The molecule has 108 valence electrons. The van der Waals surface area contributed by atoms with Crippen molar-refractivity contribution in [2.24, 2.45) is 5.73 Å². The third kappa shape index (κ3) is 3.39. The number of rotatable bonds is 2. The molecule has 0 aromatic carbocycles. The Labute approximate surface area is 114 Å². The monoisotopic (exact) mass is 284 g/mol. The number of hydrogen-bond acceptors (Lipinski definition) is 4. The molecule has 2 rings (SSSR count). The quantitative estimate of drug-likeness (QED) is 0.875.